The molecule has 132 valence electrons. The highest BCUT2D eigenvalue weighted by atomic mass is 15.3. The van der Waals surface area contributed by atoms with Crippen LogP contribution in [0.3, 0.4) is 0 Å². The van der Waals surface area contributed by atoms with Gasteiger partial charge in [0, 0.05) is 57.2 Å². The van der Waals surface area contributed by atoms with Crippen LogP contribution in [0.5, 0.6) is 0 Å². The molecule has 0 amide bonds. The third kappa shape index (κ3) is 3.50. The number of hydrogen-bond donors (Lipinski definition) is 0. The van der Waals surface area contributed by atoms with E-state index in [0.29, 0.717) is 0 Å². The van der Waals surface area contributed by atoms with Gasteiger partial charge in [-0.1, -0.05) is 0 Å². The van der Waals surface area contributed by atoms with E-state index in [9.17, 15) is 0 Å². The highest BCUT2D eigenvalue weighted by molar-refractivity contribution is 5.47. The molecule has 4 heterocycles. The molecule has 7 nitrogen and oxygen atoms in total. The zero-order valence-electron chi connectivity index (χ0n) is 15.0. The lowest BCUT2D eigenvalue weighted by Gasteiger charge is -2.35. The van der Waals surface area contributed by atoms with Gasteiger partial charge >= 0.3 is 0 Å². The van der Waals surface area contributed by atoms with Crippen LogP contribution >= 0.6 is 0 Å². The molecule has 2 aromatic heterocycles. The minimum Gasteiger partial charge on any atom is -0.356 e. The van der Waals surface area contributed by atoms with Crippen LogP contribution in [0.2, 0.25) is 0 Å². The van der Waals surface area contributed by atoms with Crippen molar-refractivity contribution in [1.29, 1.82) is 0 Å². The third-order valence-electron chi connectivity index (χ3n) is 4.90. The second kappa shape index (κ2) is 6.82. The molecule has 0 saturated carbocycles. The molecular formula is C18H25N7. The summed E-state index contributed by atoms with van der Waals surface area (Å²) >= 11 is 0. The fourth-order valence-corrected chi connectivity index (χ4v) is 3.61. The minimum absolute atomic E-state index is 0.832. The predicted octanol–water partition coefficient (Wildman–Crippen LogP) is 1.81. The first-order chi connectivity index (χ1) is 12.2. The predicted molar refractivity (Wildman–Crippen MR) is 99.4 cm³/mol. The summed E-state index contributed by atoms with van der Waals surface area (Å²) in [6, 6.07) is 4.09. The minimum atomic E-state index is 0.832. The van der Waals surface area contributed by atoms with Crippen molar-refractivity contribution in [3.05, 3.63) is 29.8 Å². The van der Waals surface area contributed by atoms with Crippen LogP contribution in [-0.2, 0) is 0 Å². The van der Waals surface area contributed by atoms with E-state index in [2.05, 4.69) is 35.7 Å². The van der Waals surface area contributed by atoms with Crippen molar-refractivity contribution in [2.45, 2.75) is 26.7 Å². The van der Waals surface area contributed by atoms with Gasteiger partial charge in [-0.15, -0.1) is 0 Å². The Morgan fingerprint density at radius 3 is 2.16 bits per heavy atom. The van der Waals surface area contributed by atoms with Crippen molar-refractivity contribution >= 4 is 17.6 Å². The van der Waals surface area contributed by atoms with Gasteiger partial charge in [-0.25, -0.2) is 15.0 Å². The fraction of sp³-hybridized carbons (Fsp3) is 0.556. The summed E-state index contributed by atoms with van der Waals surface area (Å²) in [5.41, 5.74) is 1.02. The van der Waals surface area contributed by atoms with Crippen LogP contribution < -0.4 is 14.7 Å². The second-order valence-electron chi connectivity index (χ2n) is 6.80. The van der Waals surface area contributed by atoms with Gasteiger partial charge in [0.1, 0.15) is 17.5 Å². The van der Waals surface area contributed by atoms with Gasteiger partial charge in [0.25, 0.3) is 0 Å². The van der Waals surface area contributed by atoms with Crippen LogP contribution in [0.25, 0.3) is 0 Å². The van der Waals surface area contributed by atoms with Crippen molar-refractivity contribution < 1.29 is 0 Å². The molecular weight excluding hydrogens is 314 g/mol. The average Bonchev–Trinajstić information content (AvgIpc) is 3.16. The van der Waals surface area contributed by atoms with Gasteiger partial charge < -0.3 is 14.7 Å². The number of piperazine rings is 1. The quantitative estimate of drug-likeness (QED) is 0.845. The van der Waals surface area contributed by atoms with Crippen LogP contribution in [-0.4, -0.2) is 59.2 Å². The lowest BCUT2D eigenvalue weighted by atomic mass is 10.3. The van der Waals surface area contributed by atoms with Gasteiger partial charge in [-0.3, -0.25) is 0 Å². The molecule has 0 unspecified atom stereocenters. The lowest BCUT2D eigenvalue weighted by Crippen LogP contribution is -2.47. The largest absolute Gasteiger partial charge is 0.356 e. The summed E-state index contributed by atoms with van der Waals surface area (Å²) in [5.74, 6) is 3.77. The van der Waals surface area contributed by atoms with Crippen molar-refractivity contribution in [2.75, 3.05) is 54.0 Å². The Hall–Kier alpha value is -2.44. The number of hydrogen-bond acceptors (Lipinski definition) is 7. The first kappa shape index (κ1) is 16.1. The molecule has 0 radical (unpaired) electrons. The van der Waals surface area contributed by atoms with E-state index in [0.717, 1.165) is 68.4 Å². The Bertz CT molecular complexity index is 714. The SMILES string of the molecule is Cc1cc(N2CCN(c3nccc(N4CCCC4)n3)CC2)nc(C)n1. The number of anilines is 3. The van der Waals surface area contributed by atoms with Crippen molar-refractivity contribution in [1.82, 2.24) is 19.9 Å². The van der Waals surface area contributed by atoms with Gasteiger partial charge in [-0.2, -0.15) is 4.98 Å². The number of nitrogens with zero attached hydrogens (tertiary/aromatic N) is 7. The van der Waals surface area contributed by atoms with Crippen molar-refractivity contribution in [3.8, 4) is 0 Å². The Morgan fingerprint density at radius 2 is 1.44 bits per heavy atom. The molecule has 0 atom stereocenters. The van der Waals surface area contributed by atoms with Gasteiger partial charge in [0.2, 0.25) is 5.95 Å². The maximum absolute atomic E-state index is 4.80. The molecule has 2 aliphatic rings. The van der Waals surface area contributed by atoms with Crippen LogP contribution in [0.4, 0.5) is 17.6 Å². The average molecular weight is 339 g/mol. The van der Waals surface area contributed by atoms with Crippen LogP contribution in [0.15, 0.2) is 18.3 Å². The highest BCUT2D eigenvalue weighted by Crippen LogP contribution is 2.21. The summed E-state index contributed by atoms with van der Waals surface area (Å²) in [5, 5.41) is 0. The number of rotatable bonds is 3. The van der Waals surface area contributed by atoms with Gasteiger partial charge in [0.15, 0.2) is 0 Å². The van der Waals surface area contributed by atoms with E-state index in [1.807, 2.05) is 26.1 Å². The monoisotopic (exact) mass is 339 g/mol. The van der Waals surface area contributed by atoms with Gasteiger partial charge in [0.05, 0.1) is 0 Å². The van der Waals surface area contributed by atoms with Crippen LogP contribution in [0.1, 0.15) is 24.4 Å². The molecule has 0 bridgehead atoms. The van der Waals surface area contributed by atoms with E-state index in [4.69, 9.17) is 4.98 Å². The lowest BCUT2D eigenvalue weighted by molar-refractivity contribution is 0.632. The molecule has 2 aromatic rings. The Kier molecular flexibility index (Phi) is 4.38. The van der Waals surface area contributed by atoms with Gasteiger partial charge in [-0.05, 0) is 32.8 Å². The fourth-order valence-electron chi connectivity index (χ4n) is 3.61. The van der Waals surface area contributed by atoms with E-state index >= 15 is 0 Å². The molecule has 2 saturated heterocycles. The molecule has 0 aromatic carbocycles. The Balaban J connectivity index is 1.44. The molecule has 4 rings (SSSR count). The summed E-state index contributed by atoms with van der Waals surface area (Å²) in [6.45, 7) is 9.85. The second-order valence-corrected chi connectivity index (χ2v) is 6.80. The van der Waals surface area contributed by atoms with E-state index in [-0.39, 0.29) is 0 Å². The maximum atomic E-state index is 4.80. The summed E-state index contributed by atoms with van der Waals surface area (Å²) in [4.78, 5) is 25.2. The molecule has 2 aliphatic heterocycles. The molecule has 0 aliphatic carbocycles. The molecule has 7 heteroatoms. The van der Waals surface area contributed by atoms with E-state index in [1.54, 1.807) is 0 Å². The standard InChI is InChI=1S/C18H25N7/c1-14-13-17(21-15(2)20-14)24-9-11-25(12-10-24)18-19-6-5-16(22-18)23-7-3-4-8-23/h5-6,13H,3-4,7-12H2,1-2H3. The zero-order chi connectivity index (χ0) is 17.2. The topological polar surface area (TPSA) is 61.3 Å². The molecule has 0 N–H and O–H groups in total. The summed E-state index contributed by atoms with van der Waals surface area (Å²) < 4.78 is 0. The summed E-state index contributed by atoms with van der Waals surface area (Å²) in [6.07, 6.45) is 4.41. The van der Waals surface area contributed by atoms with Crippen LogP contribution in [0, 0.1) is 13.8 Å². The molecule has 0 spiro atoms. The molecule has 25 heavy (non-hydrogen) atoms. The zero-order valence-corrected chi connectivity index (χ0v) is 15.0. The van der Waals surface area contributed by atoms with Crippen molar-refractivity contribution in [3.63, 3.8) is 0 Å². The number of aromatic nitrogens is 4. The first-order valence-corrected chi connectivity index (χ1v) is 9.09. The third-order valence-corrected chi connectivity index (χ3v) is 4.90. The first-order valence-electron chi connectivity index (χ1n) is 9.09. The summed E-state index contributed by atoms with van der Waals surface area (Å²) in [7, 11) is 0. The van der Waals surface area contributed by atoms with E-state index in [1.165, 1.54) is 12.8 Å². The van der Waals surface area contributed by atoms with Crippen molar-refractivity contribution in [2.24, 2.45) is 0 Å². The number of aryl methyl sites for hydroxylation is 2. The Labute approximate surface area is 148 Å². The smallest absolute Gasteiger partial charge is 0.227 e. The van der Waals surface area contributed by atoms with E-state index < -0.39 is 0 Å². The maximum Gasteiger partial charge on any atom is 0.227 e. The molecule has 2 fully saturated rings. The highest BCUT2D eigenvalue weighted by Gasteiger charge is 2.22. The Morgan fingerprint density at radius 1 is 0.760 bits per heavy atom. The normalized spacial score (nSPS) is 18.1.